The molecule has 0 aliphatic heterocycles. The number of pyridine rings is 1. The van der Waals surface area contributed by atoms with Crippen molar-refractivity contribution in [3.05, 3.63) is 60.8 Å². The quantitative estimate of drug-likeness (QED) is 0.572. The van der Waals surface area contributed by atoms with E-state index in [-0.39, 0.29) is 0 Å². The van der Waals surface area contributed by atoms with Crippen LogP contribution in [-0.4, -0.2) is 14.1 Å². The molecule has 0 unspecified atom stereocenters. The Balaban J connectivity index is 2.00. The number of nitrogens with two attached hydrogens (primary N) is 1. The Morgan fingerprint density at radius 3 is 2.48 bits per heavy atom. The largest absolute Gasteiger partial charge is 0.399 e. The van der Waals surface area contributed by atoms with Crippen LogP contribution < -0.4 is 20.7 Å². The van der Waals surface area contributed by atoms with Gasteiger partial charge in [-0.15, -0.1) is 0 Å². The number of nitrogen functional groups attached to an aromatic ring is 1. The summed E-state index contributed by atoms with van der Waals surface area (Å²) in [5, 5.41) is 1.19. The van der Waals surface area contributed by atoms with Gasteiger partial charge in [0.2, 0.25) is 11.7 Å². The third kappa shape index (κ3) is 2.74. The first-order valence-electron chi connectivity index (χ1n) is 6.88. The first-order chi connectivity index (χ1) is 10.1. The van der Waals surface area contributed by atoms with Gasteiger partial charge in [-0.25, -0.2) is 0 Å². The molecular formula is C17H19N4+. The van der Waals surface area contributed by atoms with Crippen LogP contribution in [0.1, 0.15) is 0 Å². The Bertz CT molecular complexity index is 763. The van der Waals surface area contributed by atoms with Crippen LogP contribution in [0.25, 0.3) is 10.9 Å². The minimum Gasteiger partial charge on any atom is -0.399 e. The topological polar surface area (TPSA) is 45.2 Å². The van der Waals surface area contributed by atoms with E-state index < -0.39 is 0 Å². The number of hydrogen-bond acceptors (Lipinski definition) is 3. The first-order valence-corrected chi connectivity index (χ1v) is 6.88. The molecule has 3 aromatic rings. The lowest BCUT2D eigenvalue weighted by Gasteiger charge is -2.12. The van der Waals surface area contributed by atoms with Crippen LogP contribution in [-0.2, 0) is 0 Å². The Kier molecular flexibility index (Phi) is 3.36. The van der Waals surface area contributed by atoms with Gasteiger partial charge in [0.15, 0.2) is 0 Å². The summed E-state index contributed by atoms with van der Waals surface area (Å²) in [6.07, 6.45) is 2.01. The summed E-state index contributed by atoms with van der Waals surface area (Å²) in [6.45, 7) is 0. The average Bonchev–Trinajstić information content (AvgIpc) is 2.49. The molecule has 2 aromatic carbocycles. The Morgan fingerprint density at radius 1 is 1.00 bits per heavy atom. The van der Waals surface area contributed by atoms with E-state index in [1.165, 1.54) is 11.1 Å². The Labute approximate surface area is 124 Å². The van der Waals surface area contributed by atoms with Gasteiger partial charge in [0.05, 0.1) is 11.1 Å². The lowest BCUT2D eigenvalue weighted by molar-refractivity contribution is -0.615. The molecule has 3 N–H and O–H groups in total. The molecule has 0 atom stereocenters. The van der Waals surface area contributed by atoms with Crippen molar-refractivity contribution in [1.29, 1.82) is 0 Å². The highest BCUT2D eigenvalue weighted by Gasteiger charge is 2.10. The van der Waals surface area contributed by atoms with E-state index in [9.17, 15) is 0 Å². The van der Waals surface area contributed by atoms with E-state index in [1.807, 2.05) is 55.3 Å². The number of nitrogens with zero attached hydrogens (tertiary/aromatic N) is 2. The summed E-state index contributed by atoms with van der Waals surface area (Å²) >= 11 is 0. The standard InChI is InChI=1S/C17H19N4/c1-20(2)16-9-10-17-13(12-16)4-3-11-21(17)19-15-7-5-14(18)6-8-15/h3-12,19H,18H2,1-2H3/q+1. The summed E-state index contributed by atoms with van der Waals surface area (Å²) in [5.41, 5.74) is 13.2. The number of hydrogen-bond donors (Lipinski definition) is 2. The zero-order valence-electron chi connectivity index (χ0n) is 12.2. The van der Waals surface area contributed by atoms with Gasteiger partial charge in [0.25, 0.3) is 0 Å². The van der Waals surface area contributed by atoms with Crippen LogP contribution in [0.2, 0.25) is 0 Å². The monoisotopic (exact) mass is 279 g/mol. The highest BCUT2D eigenvalue weighted by Crippen LogP contribution is 2.18. The number of benzene rings is 2. The van der Waals surface area contributed by atoms with E-state index in [2.05, 4.69) is 34.6 Å². The van der Waals surface area contributed by atoms with Crippen LogP contribution in [0, 0.1) is 0 Å². The number of fused-ring (bicyclic) bond motifs is 1. The summed E-state index contributed by atoms with van der Waals surface area (Å²) < 4.78 is 2.01. The normalized spacial score (nSPS) is 10.6. The van der Waals surface area contributed by atoms with Gasteiger partial charge in [-0.1, -0.05) is 4.68 Å². The first kappa shape index (κ1) is 13.2. The van der Waals surface area contributed by atoms with E-state index in [1.54, 1.807) is 0 Å². The van der Waals surface area contributed by atoms with Gasteiger partial charge in [0.1, 0.15) is 0 Å². The zero-order chi connectivity index (χ0) is 14.8. The molecule has 0 saturated heterocycles. The van der Waals surface area contributed by atoms with E-state index in [0.29, 0.717) is 0 Å². The van der Waals surface area contributed by atoms with Crippen LogP contribution in [0.5, 0.6) is 0 Å². The summed E-state index contributed by atoms with van der Waals surface area (Å²) in [6, 6.07) is 18.3. The number of nitrogens with one attached hydrogen (secondary N) is 1. The molecule has 0 bridgehead atoms. The fraction of sp³-hybridized carbons (Fsp3) is 0.118. The van der Waals surface area contributed by atoms with Crippen molar-refractivity contribution in [2.75, 3.05) is 30.2 Å². The second-order valence-electron chi connectivity index (χ2n) is 5.25. The van der Waals surface area contributed by atoms with Crippen molar-refractivity contribution < 1.29 is 4.68 Å². The fourth-order valence-corrected chi connectivity index (χ4v) is 2.28. The average molecular weight is 279 g/mol. The van der Waals surface area contributed by atoms with Crippen molar-refractivity contribution in [1.82, 2.24) is 0 Å². The Hall–Kier alpha value is -2.75. The molecule has 0 amide bonds. The van der Waals surface area contributed by atoms with Gasteiger partial charge in [0, 0.05) is 37.6 Å². The maximum Gasteiger partial charge on any atom is 0.242 e. The molecule has 3 rings (SSSR count). The van der Waals surface area contributed by atoms with Crippen molar-refractivity contribution in [3.8, 4) is 0 Å². The van der Waals surface area contributed by atoms with Gasteiger partial charge in [-0.2, -0.15) is 5.43 Å². The van der Waals surface area contributed by atoms with Crippen LogP contribution in [0.4, 0.5) is 17.1 Å². The summed E-state index contributed by atoms with van der Waals surface area (Å²) in [5.74, 6) is 0. The zero-order valence-corrected chi connectivity index (χ0v) is 12.2. The molecule has 0 radical (unpaired) electrons. The predicted molar refractivity (Wildman–Crippen MR) is 88.3 cm³/mol. The van der Waals surface area contributed by atoms with E-state index >= 15 is 0 Å². The van der Waals surface area contributed by atoms with Crippen LogP contribution in [0.3, 0.4) is 0 Å². The fourth-order valence-electron chi connectivity index (χ4n) is 2.28. The smallest absolute Gasteiger partial charge is 0.242 e. The van der Waals surface area contributed by atoms with Crippen molar-refractivity contribution in [2.45, 2.75) is 0 Å². The van der Waals surface area contributed by atoms with Gasteiger partial charge >= 0.3 is 0 Å². The molecule has 4 heteroatoms. The summed E-state index contributed by atoms with van der Waals surface area (Å²) in [7, 11) is 4.09. The third-order valence-corrected chi connectivity index (χ3v) is 3.46. The van der Waals surface area contributed by atoms with Gasteiger partial charge in [-0.05, 0) is 42.5 Å². The molecular weight excluding hydrogens is 260 g/mol. The highest BCUT2D eigenvalue weighted by atomic mass is 15.4. The number of rotatable bonds is 3. The van der Waals surface area contributed by atoms with Crippen LogP contribution >= 0.6 is 0 Å². The van der Waals surface area contributed by atoms with E-state index in [0.717, 1.165) is 16.9 Å². The maximum atomic E-state index is 5.72. The maximum absolute atomic E-state index is 5.72. The summed E-state index contributed by atoms with van der Waals surface area (Å²) in [4.78, 5) is 2.10. The molecule has 106 valence electrons. The molecule has 0 saturated carbocycles. The van der Waals surface area contributed by atoms with Crippen molar-refractivity contribution in [2.24, 2.45) is 0 Å². The van der Waals surface area contributed by atoms with Gasteiger partial charge in [-0.3, -0.25) is 0 Å². The minimum absolute atomic E-state index is 0.763. The highest BCUT2D eigenvalue weighted by molar-refractivity contribution is 5.80. The molecule has 1 heterocycles. The van der Waals surface area contributed by atoms with Crippen molar-refractivity contribution in [3.63, 3.8) is 0 Å². The molecule has 4 nitrogen and oxygen atoms in total. The molecule has 0 aliphatic rings. The van der Waals surface area contributed by atoms with Gasteiger partial charge < -0.3 is 10.6 Å². The second-order valence-corrected chi connectivity index (χ2v) is 5.25. The second kappa shape index (κ2) is 5.32. The lowest BCUT2D eigenvalue weighted by atomic mass is 10.2. The predicted octanol–water partition coefficient (Wildman–Crippen LogP) is 2.65. The lowest BCUT2D eigenvalue weighted by Crippen LogP contribution is -2.42. The van der Waals surface area contributed by atoms with Crippen molar-refractivity contribution >= 4 is 28.0 Å². The molecule has 0 fully saturated rings. The number of anilines is 3. The van der Waals surface area contributed by atoms with E-state index in [4.69, 9.17) is 5.73 Å². The molecule has 1 aromatic heterocycles. The Morgan fingerprint density at radius 2 is 1.76 bits per heavy atom. The SMILES string of the molecule is CN(C)c1ccc2c(ccc[n+]2Nc2ccc(N)cc2)c1. The number of aromatic nitrogens is 1. The molecule has 0 aliphatic carbocycles. The molecule has 0 spiro atoms. The minimum atomic E-state index is 0.763. The molecule has 21 heavy (non-hydrogen) atoms. The third-order valence-electron chi connectivity index (χ3n) is 3.46. The van der Waals surface area contributed by atoms with Crippen LogP contribution in [0.15, 0.2) is 60.8 Å².